The molecular formula is C22H26N6OS. The largest absolute Gasteiger partial charge is 0.457 e. The minimum atomic E-state index is 0.320. The standard InChI is InChI=1S/C22H26N6OS/c1-27(2)30-19-12-13-21(20(15-19)22(23)26-28(3)24)25-16-8-7-11-18(14-16)29-17-9-5-4-6-10-17/h4-15,25H,24H2,1-3H3,(H2,23,26). The molecule has 0 spiro atoms. The Kier molecular flexibility index (Phi) is 7.18. The van der Waals surface area contributed by atoms with E-state index >= 15 is 0 Å². The third-order valence-corrected chi connectivity index (χ3v) is 4.74. The molecule has 5 N–H and O–H groups in total. The molecule has 0 heterocycles. The van der Waals surface area contributed by atoms with Gasteiger partial charge in [-0.05, 0) is 68.5 Å². The van der Waals surface area contributed by atoms with E-state index in [1.165, 1.54) is 5.12 Å². The first-order valence-electron chi connectivity index (χ1n) is 9.33. The average Bonchev–Trinajstić information content (AvgIpc) is 2.69. The number of para-hydroxylation sites is 1. The molecule has 30 heavy (non-hydrogen) atoms. The number of nitrogens with zero attached hydrogens (tertiary/aromatic N) is 3. The number of hydrogen-bond acceptors (Lipinski definition) is 7. The predicted molar refractivity (Wildman–Crippen MR) is 125 cm³/mol. The summed E-state index contributed by atoms with van der Waals surface area (Å²) < 4.78 is 7.94. The topological polar surface area (TPSA) is 92.1 Å². The van der Waals surface area contributed by atoms with Crippen molar-refractivity contribution < 1.29 is 4.74 Å². The number of anilines is 2. The molecular weight excluding hydrogens is 396 g/mol. The first kappa shape index (κ1) is 21.5. The quantitative estimate of drug-likeness (QED) is 0.165. The fourth-order valence-corrected chi connectivity index (χ4v) is 3.47. The number of benzene rings is 3. The van der Waals surface area contributed by atoms with E-state index in [9.17, 15) is 0 Å². The summed E-state index contributed by atoms with van der Waals surface area (Å²) in [5.41, 5.74) is 8.67. The fourth-order valence-electron chi connectivity index (χ4n) is 2.75. The van der Waals surface area contributed by atoms with Crippen LogP contribution in [0.2, 0.25) is 0 Å². The molecule has 156 valence electrons. The second-order valence-electron chi connectivity index (χ2n) is 6.74. The van der Waals surface area contributed by atoms with Crippen molar-refractivity contribution in [3.8, 4) is 11.5 Å². The van der Waals surface area contributed by atoms with Crippen molar-refractivity contribution in [3.63, 3.8) is 0 Å². The van der Waals surface area contributed by atoms with Gasteiger partial charge in [-0.25, -0.2) is 11.0 Å². The highest BCUT2D eigenvalue weighted by Crippen LogP contribution is 2.30. The van der Waals surface area contributed by atoms with Crippen molar-refractivity contribution in [1.29, 1.82) is 0 Å². The third kappa shape index (κ3) is 6.15. The molecule has 0 aliphatic heterocycles. The summed E-state index contributed by atoms with van der Waals surface area (Å²) in [5, 5.41) is 8.77. The van der Waals surface area contributed by atoms with Crippen molar-refractivity contribution in [2.45, 2.75) is 4.90 Å². The minimum absolute atomic E-state index is 0.320. The zero-order valence-electron chi connectivity index (χ0n) is 17.2. The lowest BCUT2D eigenvalue weighted by atomic mass is 10.1. The van der Waals surface area contributed by atoms with Gasteiger partial charge in [0.25, 0.3) is 0 Å². The van der Waals surface area contributed by atoms with Crippen LogP contribution in [0, 0.1) is 0 Å². The van der Waals surface area contributed by atoms with Gasteiger partial charge in [0, 0.05) is 34.9 Å². The van der Waals surface area contributed by atoms with E-state index in [1.54, 1.807) is 19.0 Å². The monoisotopic (exact) mass is 422 g/mol. The van der Waals surface area contributed by atoms with E-state index in [2.05, 4.69) is 10.4 Å². The molecule has 0 amide bonds. The third-order valence-electron chi connectivity index (χ3n) is 3.91. The molecule has 7 nitrogen and oxygen atoms in total. The zero-order chi connectivity index (χ0) is 21.5. The van der Waals surface area contributed by atoms with Crippen LogP contribution in [0.4, 0.5) is 11.4 Å². The molecule has 0 fully saturated rings. The molecule has 0 radical (unpaired) electrons. The van der Waals surface area contributed by atoms with E-state index in [0.29, 0.717) is 5.84 Å². The molecule has 8 heteroatoms. The van der Waals surface area contributed by atoms with E-state index in [4.69, 9.17) is 16.3 Å². The first-order chi connectivity index (χ1) is 14.4. The van der Waals surface area contributed by atoms with Gasteiger partial charge in [0.05, 0.1) is 0 Å². The highest BCUT2D eigenvalue weighted by atomic mass is 32.2. The van der Waals surface area contributed by atoms with Gasteiger partial charge in [-0.1, -0.05) is 24.3 Å². The molecule has 0 saturated carbocycles. The summed E-state index contributed by atoms with van der Waals surface area (Å²) in [5.74, 6) is 7.49. The van der Waals surface area contributed by atoms with Crippen molar-refractivity contribution in [2.24, 2.45) is 16.7 Å². The highest BCUT2D eigenvalue weighted by molar-refractivity contribution is 7.97. The van der Waals surface area contributed by atoms with Crippen LogP contribution in [0.1, 0.15) is 5.56 Å². The Hall–Kier alpha value is -3.20. The highest BCUT2D eigenvalue weighted by Gasteiger charge is 2.11. The number of rotatable bonds is 8. The number of hydrogen-bond donors (Lipinski definition) is 3. The van der Waals surface area contributed by atoms with Gasteiger partial charge < -0.3 is 15.8 Å². The van der Waals surface area contributed by atoms with Crippen molar-refractivity contribution >= 4 is 29.2 Å². The van der Waals surface area contributed by atoms with Crippen LogP contribution in [0.3, 0.4) is 0 Å². The van der Waals surface area contributed by atoms with E-state index in [1.807, 2.05) is 91.2 Å². The van der Waals surface area contributed by atoms with Crippen LogP contribution in [-0.4, -0.2) is 36.4 Å². The molecule has 3 rings (SSSR count). The lowest BCUT2D eigenvalue weighted by Crippen LogP contribution is -2.26. The average molecular weight is 423 g/mol. The normalized spacial score (nSPS) is 11.4. The Labute approximate surface area is 181 Å². The summed E-state index contributed by atoms with van der Waals surface area (Å²) in [6.07, 6.45) is 0. The first-order valence-corrected chi connectivity index (χ1v) is 10.1. The van der Waals surface area contributed by atoms with Gasteiger partial charge in [0.1, 0.15) is 11.5 Å². The zero-order valence-corrected chi connectivity index (χ0v) is 18.1. The predicted octanol–water partition coefficient (Wildman–Crippen LogP) is 4.22. The summed E-state index contributed by atoms with van der Waals surface area (Å²) in [6, 6.07) is 23.4. The van der Waals surface area contributed by atoms with Gasteiger partial charge in [-0.3, -0.25) is 4.31 Å². The Morgan fingerprint density at radius 3 is 2.37 bits per heavy atom. The molecule has 0 aliphatic carbocycles. The Morgan fingerprint density at radius 1 is 0.933 bits per heavy atom. The van der Waals surface area contributed by atoms with Crippen molar-refractivity contribution in [2.75, 3.05) is 26.5 Å². The van der Waals surface area contributed by atoms with E-state index < -0.39 is 0 Å². The smallest absolute Gasteiger partial charge is 0.154 e. The Morgan fingerprint density at radius 2 is 1.67 bits per heavy atom. The van der Waals surface area contributed by atoms with Crippen LogP contribution in [-0.2, 0) is 0 Å². The maximum Gasteiger partial charge on any atom is 0.154 e. The molecule has 0 bridgehead atoms. The number of nitrogens with one attached hydrogen (secondary N) is 1. The maximum absolute atomic E-state index is 6.22. The van der Waals surface area contributed by atoms with E-state index in [0.717, 1.165) is 33.3 Å². The second-order valence-corrected chi connectivity index (χ2v) is 8.12. The van der Waals surface area contributed by atoms with Gasteiger partial charge in [0.15, 0.2) is 5.84 Å². The summed E-state index contributed by atoms with van der Waals surface area (Å²) in [6.45, 7) is 0. The van der Waals surface area contributed by atoms with Crippen LogP contribution in [0.5, 0.6) is 11.5 Å². The van der Waals surface area contributed by atoms with Crippen LogP contribution in [0.15, 0.2) is 82.8 Å². The molecule has 0 saturated heterocycles. The van der Waals surface area contributed by atoms with Crippen LogP contribution in [0.25, 0.3) is 0 Å². The number of amidine groups is 1. The molecule has 0 unspecified atom stereocenters. The van der Waals surface area contributed by atoms with Gasteiger partial charge in [0.2, 0.25) is 0 Å². The van der Waals surface area contributed by atoms with Crippen LogP contribution < -0.4 is 21.6 Å². The molecule has 0 atom stereocenters. The SMILES string of the molecule is CN(N)/N=C(\N)c1cc(SN(C)C)ccc1Nc1cccc(Oc2ccccc2)c1. The fraction of sp³-hybridized carbons (Fsp3) is 0.136. The molecule has 3 aromatic carbocycles. The number of nitrogens with two attached hydrogens (primary N) is 2. The summed E-state index contributed by atoms with van der Waals surface area (Å²) >= 11 is 1.60. The van der Waals surface area contributed by atoms with Gasteiger partial charge >= 0.3 is 0 Å². The van der Waals surface area contributed by atoms with Crippen molar-refractivity contribution in [1.82, 2.24) is 9.42 Å². The molecule has 0 aliphatic rings. The van der Waals surface area contributed by atoms with Crippen molar-refractivity contribution in [3.05, 3.63) is 78.4 Å². The Balaban J connectivity index is 1.89. The minimum Gasteiger partial charge on any atom is -0.457 e. The van der Waals surface area contributed by atoms with Crippen LogP contribution >= 0.6 is 11.9 Å². The maximum atomic E-state index is 6.22. The van der Waals surface area contributed by atoms with Gasteiger partial charge in [-0.2, -0.15) is 0 Å². The number of hydrazine groups is 1. The lowest BCUT2D eigenvalue weighted by Gasteiger charge is -2.16. The Bertz CT molecular complexity index is 1010. The molecule has 3 aromatic rings. The van der Waals surface area contributed by atoms with Gasteiger partial charge in [-0.15, -0.1) is 5.10 Å². The van der Waals surface area contributed by atoms with E-state index in [-0.39, 0.29) is 0 Å². The number of hydrazone groups is 1. The number of ether oxygens (including phenoxy) is 1. The molecule has 0 aromatic heterocycles. The summed E-state index contributed by atoms with van der Waals surface area (Å²) in [4.78, 5) is 1.04. The lowest BCUT2D eigenvalue weighted by molar-refractivity contribution is 0.371. The second kappa shape index (κ2) is 10.0. The summed E-state index contributed by atoms with van der Waals surface area (Å²) in [7, 11) is 5.60.